The van der Waals surface area contributed by atoms with Crippen LogP contribution < -0.4 is 5.48 Å². The first-order valence-corrected chi connectivity index (χ1v) is 4.44. The zero-order valence-corrected chi connectivity index (χ0v) is 7.62. The van der Waals surface area contributed by atoms with Gasteiger partial charge in [-0.2, -0.15) is 5.48 Å². The lowest BCUT2D eigenvalue weighted by molar-refractivity contribution is -0.000914. The molecule has 0 saturated heterocycles. The van der Waals surface area contributed by atoms with Gasteiger partial charge in [-0.05, 0) is 6.42 Å². The molecule has 0 amide bonds. The molecule has 1 unspecified atom stereocenters. The molecule has 1 atom stereocenters. The molecular weight excluding hydrogens is 158 g/mol. The fourth-order valence-electron chi connectivity index (χ4n) is 0.716. The van der Waals surface area contributed by atoms with Crippen LogP contribution in [0.5, 0.6) is 0 Å². The predicted octanol–water partition coefficient (Wildman–Crippen LogP) is 0.0510. The van der Waals surface area contributed by atoms with E-state index in [1.807, 2.05) is 0 Å². The van der Waals surface area contributed by atoms with Crippen molar-refractivity contribution in [1.29, 1.82) is 0 Å². The summed E-state index contributed by atoms with van der Waals surface area (Å²) >= 11 is 0. The molecule has 0 spiro atoms. The van der Waals surface area contributed by atoms with Crippen molar-refractivity contribution in [2.75, 3.05) is 19.8 Å². The standard InChI is InChI=1S/C8H19NO3/c1-2-3-4-5-12-9-6-8(11)7-10/h8-11H,2-7H2,1H3. The molecule has 4 heteroatoms. The van der Waals surface area contributed by atoms with Gasteiger partial charge in [-0.3, -0.25) is 0 Å². The van der Waals surface area contributed by atoms with Crippen molar-refractivity contribution in [2.24, 2.45) is 0 Å². The first kappa shape index (κ1) is 11.8. The van der Waals surface area contributed by atoms with Crippen LogP contribution in [0, 0.1) is 0 Å². The molecule has 0 radical (unpaired) electrons. The van der Waals surface area contributed by atoms with Gasteiger partial charge in [-0.1, -0.05) is 19.8 Å². The second-order valence-corrected chi connectivity index (χ2v) is 2.74. The van der Waals surface area contributed by atoms with Gasteiger partial charge in [0.1, 0.15) is 0 Å². The number of hydroxylamine groups is 1. The lowest BCUT2D eigenvalue weighted by Gasteiger charge is -2.08. The molecule has 0 aliphatic carbocycles. The van der Waals surface area contributed by atoms with Gasteiger partial charge in [-0.15, -0.1) is 0 Å². The maximum Gasteiger partial charge on any atom is 0.0918 e. The Labute approximate surface area is 73.5 Å². The molecule has 0 fully saturated rings. The highest BCUT2D eigenvalue weighted by molar-refractivity contribution is 4.50. The third kappa shape index (κ3) is 7.94. The normalized spacial score (nSPS) is 13.2. The van der Waals surface area contributed by atoms with Crippen LogP contribution in [-0.4, -0.2) is 36.1 Å². The summed E-state index contributed by atoms with van der Waals surface area (Å²) in [4.78, 5) is 4.99. The number of rotatable bonds is 8. The van der Waals surface area contributed by atoms with Gasteiger partial charge in [0.2, 0.25) is 0 Å². The summed E-state index contributed by atoms with van der Waals surface area (Å²) in [6.45, 7) is 2.84. The van der Waals surface area contributed by atoms with Gasteiger partial charge in [0.15, 0.2) is 0 Å². The topological polar surface area (TPSA) is 61.7 Å². The molecule has 4 nitrogen and oxygen atoms in total. The van der Waals surface area contributed by atoms with E-state index < -0.39 is 6.10 Å². The van der Waals surface area contributed by atoms with Crippen LogP contribution >= 0.6 is 0 Å². The Morgan fingerprint density at radius 1 is 1.42 bits per heavy atom. The number of nitrogens with one attached hydrogen (secondary N) is 1. The lowest BCUT2D eigenvalue weighted by Crippen LogP contribution is -2.29. The van der Waals surface area contributed by atoms with Crippen LogP contribution in [0.25, 0.3) is 0 Å². The van der Waals surface area contributed by atoms with E-state index >= 15 is 0 Å². The molecule has 0 rings (SSSR count). The number of aliphatic hydroxyl groups excluding tert-OH is 2. The van der Waals surface area contributed by atoms with E-state index in [1.165, 1.54) is 6.42 Å². The zero-order chi connectivity index (χ0) is 9.23. The van der Waals surface area contributed by atoms with E-state index in [1.54, 1.807) is 0 Å². The van der Waals surface area contributed by atoms with Crippen LogP contribution in [0.3, 0.4) is 0 Å². The molecule has 0 bridgehead atoms. The fourth-order valence-corrected chi connectivity index (χ4v) is 0.716. The molecule has 0 aliphatic heterocycles. The third-order valence-electron chi connectivity index (χ3n) is 1.48. The molecule has 0 aromatic heterocycles. The Morgan fingerprint density at radius 2 is 2.17 bits per heavy atom. The molecule has 12 heavy (non-hydrogen) atoms. The minimum Gasteiger partial charge on any atom is -0.394 e. The molecule has 0 aliphatic rings. The van der Waals surface area contributed by atoms with Crippen LogP contribution in [0.2, 0.25) is 0 Å². The van der Waals surface area contributed by atoms with E-state index in [0.29, 0.717) is 6.61 Å². The first-order valence-electron chi connectivity index (χ1n) is 4.44. The average Bonchev–Trinajstić information content (AvgIpc) is 2.10. The van der Waals surface area contributed by atoms with Crippen LogP contribution in [-0.2, 0) is 4.84 Å². The highest BCUT2D eigenvalue weighted by Gasteiger charge is 1.99. The van der Waals surface area contributed by atoms with Gasteiger partial charge in [0.05, 0.1) is 19.3 Å². The van der Waals surface area contributed by atoms with E-state index in [4.69, 9.17) is 15.1 Å². The van der Waals surface area contributed by atoms with Gasteiger partial charge >= 0.3 is 0 Å². The summed E-state index contributed by atoms with van der Waals surface area (Å²) in [6, 6.07) is 0. The number of hydrogen-bond donors (Lipinski definition) is 3. The Balaban J connectivity index is 2.90. The fraction of sp³-hybridized carbons (Fsp3) is 1.00. The maximum atomic E-state index is 8.87. The van der Waals surface area contributed by atoms with Crippen molar-refractivity contribution in [1.82, 2.24) is 5.48 Å². The van der Waals surface area contributed by atoms with Gasteiger partial charge in [-0.25, -0.2) is 0 Å². The second-order valence-electron chi connectivity index (χ2n) is 2.74. The molecule has 0 heterocycles. The van der Waals surface area contributed by atoms with Gasteiger partial charge in [0.25, 0.3) is 0 Å². The molecular formula is C8H19NO3. The van der Waals surface area contributed by atoms with E-state index in [9.17, 15) is 0 Å². The highest BCUT2D eigenvalue weighted by atomic mass is 16.6. The van der Waals surface area contributed by atoms with Crippen molar-refractivity contribution >= 4 is 0 Å². The number of aliphatic hydroxyl groups is 2. The molecule has 0 aromatic carbocycles. The highest BCUT2D eigenvalue weighted by Crippen LogP contribution is 1.92. The van der Waals surface area contributed by atoms with Crippen molar-refractivity contribution in [2.45, 2.75) is 32.3 Å². The Bertz CT molecular complexity index is 90.4. The second kappa shape index (κ2) is 8.93. The average molecular weight is 177 g/mol. The summed E-state index contributed by atoms with van der Waals surface area (Å²) in [7, 11) is 0. The minimum absolute atomic E-state index is 0.231. The Kier molecular flexibility index (Phi) is 8.81. The third-order valence-corrected chi connectivity index (χ3v) is 1.48. The quantitative estimate of drug-likeness (QED) is 0.362. The summed E-state index contributed by atoms with van der Waals surface area (Å²) in [5.41, 5.74) is 2.58. The maximum absolute atomic E-state index is 8.87. The largest absolute Gasteiger partial charge is 0.394 e. The van der Waals surface area contributed by atoms with E-state index in [2.05, 4.69) is 12.4 Å². The molecule has 74 valence electrons. The van der Waals surface area contributed by atoms with Gasteiger partial charge < -0.3 is 15.1 Å². The van der Waals surface area contributed by atoms with Crippen molar-refractivity contribution in [3.8, 4) is 0 Å². The van der Waals surface area contributed by atoms with Crippen molar-refractivity contribution < 1.29 is 15.1 Å². The van der Waals surface area contributed by atoms with Crippen LogP contribution in [0.4, 0.5) is 0 Å². The lowest BCUT2D eigenvalue weighted by atomic mass is 10.3. The first-order chi connectivity index (χ1) is 5.81. The minimum atomic E-state index is -0.726. The zero-order valence-electron chi connectivity index (χ0n) is 7.62. The summed E-state index contributed by atoms with van der Waals surface area (Å²) in [5, 5.41) is 17.3. The summed E-state index contributed by atoms with van der Waals surface area (Å²) in [5.74, 6) is 0. The molecule has 0 aromatic rings. The SMILES string of the molecule is CCCCCONCC(O)CO. The molecule has 3 N–H and O–H groups in total. The number of unbranched alkanes of at least 4 members (excludes halogenated alkanes) is 2. The Hall–Kier alpha value is -0.160. The van der Waals surface area contributed by atoms with E-state index in [0.717, 1.165) is 12.8 Å². The van der Waals surface area contributed by atoms with Crippen LogP contribution in [0.1, 0.15) is 26.2 Å². The number of hydrogen-bond acceptors (Lipinski definition) is 4. The van der Waals surface area contributed by atoms with Crippen molar-refractivity contribution in [3.05, 3.63) is 0 Å². The van der Waals surface area contributed by atoms with E-state index in [-0.39, 0.29) is 13.2 Å². The molecule has 0 saturated carbocycles. The van der Waals surface area contributed by atoms with Crippen LogP contribution in [0.15, 0.2) is 0 Å². The van der Waals surface area contributed by atoms with Crippen molar-refractivity contribution in [3.63, 3.8) is 0 Å². The monoisotopic (exact) mass is 177 g/mol. The summed E-state index contributed by atoms with van der Waals surface area (Å²) < 4.78 is 0. The smallest absolute Gasteiger partial charge is 0.0918 e. The Morgan fingerprint density at radius 3 is 2.75 bits per heavy atom. The van der Waals surface area contributed by atoms with Gasteiger partial charge in [0, 0.05) is 6.54 Å². The predicted molar refractivity (Wildman–Crippen MR) is 46.6 cm³/mol. The summed E-state index contributed by atoms with van der Waals surface area (Å²) in [6.07, 6.45) is 2.63.